The zero-order valence-electron chi connectivity index (χ0n) is 24.8. The molecule has 5 nitrogen and oxygen atoms in total. The Hall–Kier alpha value is -4.47. The lowest BCUT2D eigenvalue weighted by molar-refractivity contribution is 0.210. The molecule has 0 saturated carbocycles. The molecule has 216 valence electrons. The van der Waals surface area contributed by atoms with Crippen LogP contribution in [-0.4, -0.2) is 30.1 Å². The fourth-order valence-electron chi connectivity index (χ4n) is 5.07. The maximum atomic E-state index is 12.8. The fraction of sp³-hybridized carbons (Fsp3) is 0.297. The minimum Gasteiger partial charge on any atom is -0.325 e. The number of carbonyl (C=O) groups excluding carboxylic acids is 2. The second kappa shape index (κ2) is 16.1. The summed E-state index contributed by atoms with van der Waals surface area (Å²) in [6.45, 7) is 5.91. The van der Waals surface area contributed by atoms with E-state index in [0.29, 0.717) is 5.69 Å². The van der Waals surface area contributed by atoms with E-state index in [1.54, 1.807) is 6.08 Å². The summed E-state index contributed by atoms with van der Waals surface area (Å²) in [6, 6.07) is 33.4. The van der Waals surface area contributed by atoms with Crippen LogP contribution >= 0.6 is 0 Å². The van der Waals surface area contributed by atoms with Crippen molar-refractivity contribution in [1.29, 1.82) is 0 Å². The van der Waals surface area contributed by atoms with Crippen LogP contribution in [0.2, 0.25) is 0 Å². The third-order valence-electron chi connectivity index (χ3n) is 7.37. The van der Waals surface area contributed by atoms with Gasteiger partial charge in [-0.05, 0) is 89.8 Å². The summed E-state index contributed by atoms with van der Waals surface area (Å²) in [5, 5.41) is 3.08. The SMILES string of the molecule is CCCCN(CCCC)C(=O)Nc1ccc(Cc2cccc(Cc3cccc(Cc4ccc(N=C=O)cc4)c3)c2)cc1. The molecule has 0 aliphatic carbocycles. The van der Waals surface area contributed by atoms with Gasteiger partial charge in [0, 0.05) is 18.8 Å². The van der Waals surface area contributed by atoms with Gasteiger partial charge in [0.05, 0.1) is 5.69 Å². The molecule has 5 heteroatoms. The summed E-state index contributed by atoms with van der Waals surface area (Å²) in [5.74, 6) is 0. The molecule has 0 bridgehead atoms. The summed E-state index contributed by atoms with van der Waals surface area (Å²) in [5.41, 5.74) is 8.92. The molecule has 0 aliphatic heterocycles. The van der Waals surface area contributed by atoms with Crippen LogP contribution in [0.25, 0.3) is 0 Å². The lowest BCUT2D eigenvalue weighted by atomic mass is 9.97. The minimum atomic E-state index is -0.0105. The molecule has 0 fully saturated rings. The highest BCUT2D eigenvalue weighted by Crippen LogP contribution is 2.20. The Labute approximate surface area is 250 Å². The Morgan fingerprint density at radius 3 is 1.57 bits per heavy atom. The van der Waals surface area contributed by atoms with Crippen molar-refractivity contribution in [2.75, 3.05) is 18.4 Å². The molecular formula is C37H41N3O2. The van der Waals surface area contributed by atoms with Crippen LogP contribution in [0.4, 0.5) is 16.2 Å². The number of nitrogens with one attached hydrogen (secondary N) is 1. The van der Waals surface area contributed by atoms with Crippen molar-refractivity contribution in [2.45, 2.75) is 58.8 Å². The first kappa shape index (κ1) is 30.5. The van der Waals surface area contributed by atoms with E-state index < -0.39 is 0 Å². The molecule has 42 heavy (non-hydrogen) atoms. The Morgan fingerprint density at radius 2 is 1.12 bits per heavy atom. The average Bonchev–Trinajstić information content (AvgIpc) is 3.00. The second-order valence-electron chi connectivity index (χ2n) is 10.9. The van der Waals surface area contributed by atoms with E-state index in [9.17, 15) is 9.59 Å². The zero-order valence-corrected chi connectivity index (χ0v) is 24.8. The molecule has 0 radical (unpaired) electrons. The van der Waals surface area contributed by atoms with E-state index in [0.717, 1.165) is 63.7 Å². The van der Waals surface area contributed by atoms with E-state index in [4.69, 9.17) is 0 Å². The van der Waals surface area contributed by atoms with Crippen LogP contribution in [0.5, 0.6) is 0 Å². The molecule has 4 aromatic carbocycles. The Kier molecular flexibility index (Phi) is 11.7. The zero-order chi connectivity index (χ0) is 29.6. The summed E-state index contributed by atoms with van der Waals surface area (Å²) in [7, 11) is 0. The van der Waals surface area contributed by atoms with Gasteiger partial charge in [-0.15, -0.1) is 0 Å². The van der Waals surface area contributed by atoms with Crippen molar-refractivity contribution < 1.29 is 9.59 Å². The van der Waals surface area contributed by atoms with Crippen molar-refractivity contribution in [3.05, 3.63) is 130 Å². The molecule has 4 rings (SSSR count). The third kappa shape index (κ3) is 9.57. The number of hydrogen-bond donors (Lipinski definition) is 1. The number of isocyanates is 1. The molecule has 0 atom stereocenters. The first-order valence-electron chi connectivity index (χ1n) is 15.0. The van der Waals surface area contributed by atoms with Crippen molar-refractivity contribution in [3.63, 3.8) is 0 Å². The summed E-state index contributed by atoms with van der Waals surface area (Å²) >= 11 is 0. The largest absolute Gasteiger partial charge is 0.325 e. The molecule has 2 amide bonds. The molecule has 4 aromatic rings. The maximum Gasteiger partial charge on any atom is 0.321 e. The van der Waals surface area contributed by atoms with Gasteiger partial charge < -0.3 is 10.2 Å². The van der Waals surface area contributed by atoms with Gasteiger partial charge in [-0.3, -0.25) is 0 Å². The number of benzene rings is 4. The average molecular weight is 560 g/mol. The van der Waals surface area contributed by atoms with Crippen LogP contribution in [0.15, 0.2) is 102 Å². The van der Waals surface area contributed by atoms with Gasteiger partial charge in [0.1, 0.15) is 0 Å². The van der Waals surface area contributed by atoms with Crippen molar-refractivity contribution >= 4 is 23.5 Å². The molecule has 1 N–H and O–H groups in total. The summed E-state index contributed by atoms with van der Waals surface area (Å²) < 4.78 is 0. The first-order chi connectivity index (χ1) is 20.6. The molecule has 0 heterocycles. The highest BCUT2D eigenvalue weighted by Gasteiger charge is 2.12. The fourth-order valence-corrected chi connectivity index (χ4v) is 5.07. The number of nitrogens with zero attached hydrogens (tertiary/aromatic N) is 2. The van der Waals surface area contributed by atoms with E-state index >= 15 is 0 Å². The van der Waals surface area contributed by atoms with E-state index in [1.165, 1.54) is 33.4 Å². The van der Waals surface area contributed by atoms with Gasteiger partial charge >= 0.3 is 6.03 Å². The van der Waals surface area contributed by atoms with Gasteiger partial charge in [-0.2, -0.15) is 4.99 Å². The van der Waals surface area contributed by atoms with Gasteiger partial charge in [-0.1, -0.05) is 99.5 Å². The summed E-state index contributed by atoms with van der Waals surface area (Å²) in [6.07, 6.45) is 8.32. The third-order valence-corrected chi connectivity index (χ3v) is 7.37. The second-order valence-corrected chi connectivity index (χ2v) is 10.9. The normalized spacial score (nSPS) is 10.6. The van der Waals surface area contributed by atoms with Crippen molar-refractivity contribution in [1.82, 2.24) is 4.90 Å². The minimum absolute atomic E-state index is 0.0105. The number of aliphatic imine (C=N–C) groups is 1. The summed E-state index contributed by atoms with van der Waals surface area (Å²) in [4.78, 5) is 28.9. The predicted octanol–water partition coefficient (Wildman–Crippen LogP) is 8.86. The number of hydrogen-bond acceptors (Lipinski definition) is 3. The first-order valence-corrected chi connectivity index (χ1v) is 15.0. The van der Waals surface area contributed by atoms with Crippen LogP contribution in [-0.2, 0) is 24.1 Å². The number of urea groups is 1. The van der Waals surface area contributed by atoms with Crippen molar-refractivity contribution in [2.24, 2.45) is 4.99 Å². The molecule has 0 unspecified atom stereocenters. The monoisotopic (exact) mass is 559 g/mol. The molecule has 0 spiro atoms. The van der Waals surface area contributed by atoms with E-state index in [1.807, 2.05) is 41.3 Å². The number of amides is 2. The van der Waals surface area contributed by atoms with E-state index in [-0.39, 0.29) is 6.03 Å². The highest BCUT2D eigenvalue weighted by molar-refractivity contribution is 5.89. The van der Waals surface area contributed by atoms with Crippen molar-refractivity contribution in [3.8, 4) is 0 Å². The number of anilines is 1. The Bertz CT molecular complexity index is 1460. The van der Waals surface area contributed by atoms with Gasteiger partial charge in [0.25, 0.3) is 0 Å². The molecule has 0 saturated heterocycles. The molecule has 0 aliphatic rings. The Balaban J connectivity index is 1.34. The maximum absolute atomic E-state index is 12.8. The number of carbonyl (C=O) groups is 1. The van der Waals surface area contributed by atoms with E-state index in [2.05, 4.69) is 84.8 Å². The van der Waals surface area contributed by atoms with Gasteiger partial charge in [0.15, 0.2) is 0 Å². The van der Waals surface area contributed by atoms with Crippen LogP contribution in [0.1, 0.15) is 72.9 Å². The van der Waals surface area contributed by atoms with Gasteiger partial charge in [-0.25, -0.2) is 9.59 Å². The lowest BCUT2D eigenvalue weighted by Gasteiger charge is -2.23. The smallest absolute Gasteiger partial charge is 0.321 e. The standard InChI is InChI=1S/C37H41N3O2/c1-3-5-21-40(22-6-4-2)37(42)39-36-19-15-30(16-20-36)24-32-10-8-12-34(26-32)27-33-11-7-9-31(25-33)23-29-13-17-35(18-14-29)38-28-41/h7-20,25-26H,3-6,21-24,27H2,1-2H3,(H,39,42). The number of unbranched alkanes of at least 4 members (excludes halogenated alkanes) is 2. The van der Waals surface area contributed by atoms with Gasteiger partial charge in [0.2, 0.25) is 6.08 Å². The molecular weight excluding hydrogens is 518 g/mol. The number of rotatable bonds is 14. The quantitative estimate of drug-likeness (QED) is 0.124. The highest BCUT2D eigenvalue weighted by atomic mass is 16.2. The van der Waals surface area contributed by atoms with Crippen LogP contribution < -0.4 is 5.32 Å². The van der Waals surface area contributed by atoms with Crippen LogP contribution in [0, 0.1) is 0 Å². The molecule has 0 aromatic heterocycles. The lowest BCUT2D eigenvalue weighted by Crippen LogP contribution is -2.36. The Morgan fingerprint density at radius 1 is 0.667 bits per heavy atom. The van der Waals surface area contributed by atoms with Crippen LogP contribution in [0.3, 0.4) is 0 Å². The predicted molar refractivity (Wildman–Crippen MR) is 172 cm³/mol. The topological polar surface area (TPSA) is 61.8 Å².